The highest BCUT2D eigenvalue weighted by Crippen LogP contribution is 2.26. The lowest BCUT2D eigenvalue weighted by molar-refractivity contribution is 0.0947. The Kier molecular flexibility index (Phi) is 8.59. The van der Waals surface area contributed by atoms with E-state index < -0.39 is 10.0 Å². The summed E-state index contributed by atoms with van der Waals surface area (Å²) in [6.07, 6.45) is 0.974. The molecule has 0 aliphatic heterocycles. The topological polar surface area (TPSA) is 75.7 Å². The van der Waals surface area contributed by atoms with E-state index >= 15 is 0 Å². The Balaban J connectivity index is 1.39. The van der Waals surface area contributed by atoms with Gasteiger partial charge < -0.3 is 10.1 Å². The van der Waals surface area contributed by atoms with E-state index in [1.807, 2.05) is 30.3 Å². The van der Waals surface area contributed by atoms with Crippen LogP contribution in [0.25, 0.3) is 0 Å². The quantitative estimate of drug-likeness (QED) is 0.270. The first-order chi connectivity index (χ1) is 18.0. The van der Waals surface area contributed by atoms with Gasteiger partial charge in [-0.2, -0.15) is 0 Å². The van der Waals surface area contributed by atoms with Gasteiger partial charge in [0.1, 0.15) is 12.4 Å². The largest absolute Gasteiger partial charge is 0.492 e. The summed E-state index contributed by atoms with van der Waals surface area (Å²) in [6, 6.07) is 32.2. The minimum absolute atomic E-state index is 0.133. The van der Waals surface area contributed by atoms with Crippen LogP contribution in [-0.2, 0) is 23.0 Å². The molecule has 4 aromatic carbocycles. The molecule has 0 radical (unpaired) electrons. The first-order valence-corrected chi connectivity index (χ1v) is 13.6. The Morgan fingerprint density at radius 3 is 2.00 bits per heavy atom. The average Bonchev–Trinajstić information content (AvgIpc) is 2.95. The Labute approximate surface area is 218 Å². The third-order valence-corrected chi connectivity index (χ3v) is 7.69. The molecule has 0 unspecified atom stereocenters. The molecule has 6 nitrogen and oxygen atoms in total. The minimum Gasteiger partial charge on any atom is -0.492 e. The monoisotopic (exact) mass is 514 g/mol. The summed E-state index contributed by atoms with van der Waals surface area (Å²) in [5, 5.41) is 2.85. The van der Waals surface area contributed by atoms with Crippen LogP contribution in [0, 0.1) is 0 Å². The molecular formula is C30H30N2O4S. The fourth-order valence-corrected chi connectivity index (χ4v) is 5.29. The van der Waals surface area contributed by atoms with Crippen LogP contribution in [0.15, 0.2) is 114 Å². The van der Waals surface area contributed by atoms with Crippen LogP contribution in [0.5, 0.6) is 5.75 Å². The van der Waals surface area contributed by atoms with Gasteiger partial charge >= 0.3 is 0 Å². The molecule has 0 fully saturated rings. The van der Waals surface area contributed by atoms with Crippen LogP contribution in [0.4, 0.5) is 5.69 Å². The molecule has 0 aliphatic carbocycles. The summed E-state index contributed by atoms with van der Waals surface area (Å²) in [6.45, 7) is 2.96. The maximum atomic E-state index is 13.4. The zero-order valence-electron chi connectivity index (χ0n) is 20.7. The number of carbonyl (C=O) groups excluding carboxylic acids is 1. The first kappa shape index (κ1) is 26.0. The van der Waals surface area contributed by atoms with Gasteiger partial charge in [0, 0.05) is 5.56 Å². The van der Waals surface area contributed by atoms with E-state index in [2.05, 4.69) is 12.2 Å². The van der Waals surface area contributed by atoms with Gasteiger partial charge in [0.2, 0.25) is 0 Å². The third-order valence-electron chi connectivity index (χ3n) is 5.91. The van der Waals surface area contributed by atoms with Crippen molar-refractivity contribution >= 4 is 21.6 Å². The van der Waals surface area contributed by atoms with Gasteiger partial charge in [-0.1, -0.05) is 67.6 Å². The molecule has 0 spiro atoms. The second kappa shape index (κ2) is 12.2. The van der Waals surface area contributed by atoms with Crippen LogP contribution in [0.3, 0.4) is 0 Å². The van der Waals surface area contributed by atoms with E-state index in [0.717, 1.165) is 17.7 Å². The highest BCUT2D eigenvalue weighted by molar-refractivity contribution is 7.92. The van der Waals surface area contributed by atoms with Crippen LogP contribution < -0.4 is 14.4 Å². The highest BCUT2D eigenvalue weighted by atomic mass is 32.2. The van der Waals surface area contributed by atoms with E-state index in [4.69, 9.17) is 4.74 Å². The van der Waals surface area contributed by atoms with E-state index in [1.165, 1.54) is 9.87 Å². The number of para-hydroxylation sites is 1. The van der Waals surface area contributed by atoms with Crippen LogP contribution in [-0.4, -0.2) is 27.5 Å². The predicted octanol–water partition coefficient (Wildman–Crippen LogP) is 5.45. The normalized spacial score (nSPS) is 11.1. The molecule has 1 N–H and O–H groups in total. The number of benzene rings is 4. The van der Waals surface area contributed by atoms with Crippen molar-refractivity contribution < 1.29 is 17.9 Å². The summed E-state index contributed by atoms with van der Waals surface area (Å²) in [5.74, 6) is 0.553. The average molecular weight is 515 g/mol. The molecule has 1 amide bonds. The van der Waals surface area contributed by atoms with Crippen molar-refractivity contribution in [3.05, 3.63) is 126 Å². The Hall–Kier alpha value is -4.10. The fraction of sp³-hybridized carbons (Fsp3) is 0.167. The third kappa shape index (κ3) is 6.77. The molecule has 4 rings (SSSR count). The standard InChI is InChI=1S/C30H30N2O4S/c1-2-24-15-19-28(20-16-24)36-22-21-31-30(33)26-17-13-25(14-18-26)23-32(27-9-5-3-6-10-27)37(34,35)29-11-7-4-8-12-29/h3-20H,2,21-23H2,1H3,(H,31,33). The van der Waals surface area contributed by atoms with Gasteiger partial charge in [-0.05, 0) is 66.1 Å². The number of ether oxygens (including phenoxy) is 1. The molecule has 0 saturated heterocycles. The molecule has 0 aromatic heterocycles. The minimum atomic E-state index is -3.78. The molecule has 0 heterocycles. The number of nitrogens with zero attached hydrogens (tertiary/aromatic N) is 1. The van der Waals surface area contributed by atoms with Crippen LogP contribution in [0.2, 0.25) is 0 Å². The van der Waals surface area contributed by atoms with E-state index in [-0.39, 0.29) is 17.3 Å². The van der Waals surface area contributed by atoms with Gasteiger partial charge in [-0.15, -0.1) is 0 Å². The van der Waals surface area contributed by atoms with Crippen molar-refractivity contribution in [3.8, 4) is 5.75 Å². The number of hydrogen-bond acceptors (Lipinski definition) is 4. The number of amides is 1. The van der Waals surface area contributed by atoms with E-state index in [9.17, 15) is 13.2 Å². The SMILES string of the molecule is CCc1ccc(OCCNC(=O)c2ccc(CN(c3ccccc3)S(=O)(=O)c3ccccc3)cc2)cc1. The molecule has 0 saturated carbocycles. The molecule has 0 atom stereocenters. The maximum absolute atomic E-state index is 13.4. The highest BCUT2D eigenvalue weighted by Gasteiger charge is 2.25. The van der Waals surface area contributed by atoms with Gasteiger partial charge in [0.15, 0.2) is 0 Å². The molecule has 4 aromatic rings. The van der Waals surface area contributed by atoms with Gasteiger partial charge in [0.25, 0.3) is 15.9 Å². The molecule has 0 aliphatic rings. The summed E-state index contributed by atoms with van der Waals surface area (Å²) in [7, 11) is -3.78. The van der Waals surface area contributed by atoms with Crippen molar-refractivity contribution in [2.24, 2.45) is 0 Å². The van der Waals surface area contributed by atoms with Gasteiger partial charge in [0.05, 0.1) is 23.7 Å². The van der Waals surface area contributed by atoms with Crippen LogP contribution >= 0.6 is 0 Å². The van der Waals surface area contributed by atoms with E-state index in [1.54, 1.807) is 78.9 Å². The summed E-state index contributed by atoms with van der Waals surface area (Å²) < 4.78 is 34.0. The lowest BCUT2D eigenvalue weighted by atomic mass is 10.1. The number of nitrogens with one attached hydrogen (secondary N) is 1. The maximum Gasteiger partial charge on any atom is 0.264 e. The number of hydrogen-bond donors (Lipinski definition) is 1. The number of anilines is 1. The molecule has 37 heavy (non-hydrogen) atoms. The van der Waals surface area contributed by atoms with Crippen molar-refractivity contribution in [1.29, 1.82) is 0 Å². The fourth-order valence-electron chi connectivity index (χ4n) is 3.81. The zero-order valence-corrected chi connectivity index (χ0v) is 21.5. The van der Waals surface area contributed by atoms with Crippen molar-refractivity contribution in [3.63, 3.8) is 0 Å². The Morgan fingerprint density at radius 1 is 0.784 bits per heavy atom. The first-order valence-electron chi connectivity index (χ1n) is 12.2. The van der Waals surface area contributed by atoms with Gasteiger partial charge in [-0.3, -0.25) is 9.10 Å². The number of sulfonamides is 1. The second-order valence-corrected chi connectivity index (χ2v) is 10.3. The second-order valence-electron chi connectivity index (χ2n) is 8.46. The molecule has 190 valence electrons. The molecular weight excluding hydrogens is 484 g/mol. The van der Waals surface area contributed by atoms with Crippen molar-refractivity contribution in [2.75, 3.05) is 17.5 Å². The lowest BCUT2D eigenvalue weighted by Crippen LogP contribution is -2.30. The Morgan fingerprint density at radius 2 is 1.38 bits per heavy atom. The summed E-state index contributed by atoms with van der Waals surface area (Å²) in [5.41, 5.74) is 3.07. The van der Waals surface area contributed by atoms with E-state index in [0.29, 0.717) is 24.4 Å². The van der Waals surface area contributed by atoms with Crippen molar-refractivity contribution in [1.82, 2.24) is 5.32 Å². The Bertz CT molecular complexity index is 1390. The number of aryl methyl sites for hydroxylation is 1. The van der Waals surface area contributed by atoms with Crippen LogP contribution in [0.1, 0.15) is 28.4 Å². The predicted molar refractivity (Wildman–Crippen MR) is 146 cm³/mol. The number of carbonyl (C=O) groups is 1. The summed E-state index contributed by atoms with van der Waals surface area (Å²) in [4.78, 5) is 12.8. The summed E-state index contributed by atoms with van der Waals surface area (Å²) >= 11 is 0. The van der Waals surface area contributed by atoms with Crippen molar-refractivity contribution in [2.45, 2.75) is 24.8 Å². The zero-order chi connectivity index (χ0) is 26.1. The lowest BCUT2D eigenvalue weighted by Gasteiger charge is -2.25. The van der Waals surface area contributed by atoms with Gasteiger partial charge in [-0.25, -0.2) is 8.42 Å². The molecule has 0 bridgehead atoms. The molecule has 7 heteroatoms. The smallest absolute Gasteiger partial charge is 0.264 e. The number of rotatable bonds is 11.